The van der Waals surface area contributed by atoms with E-state index in [1.54, 1.807) is 0 Å². The van der Waals surface area contributed by atoms with E-state index < -0.39 is 0 Å². The van der Waals surface area contributed by atoms with Crippen molar-refractivity contribution in [1.29, 1.82) is 5.41 Å². The highest BCUT2D eigenvalue weighted by Crippen LogP contribution is 2.41. The summed E-state index contributed by atoms with van der Waals surface area (Å²) in [6.45, 7) is 11.0. The molecule has 9 aromatic carbocycles. The van der Waals surface area contributed by atoms with Gasteiger partial charge in [-0.05, 0) is 147 Å². The van der Waals surface area contributed by atoms with Crippen LogP contribution in [0.4, 0.5) is 0 Å². The fourth-order valence-electron chi connectivity index (χ4n) is 10.5. The van der Waals surface area contributed by atoms with Crippen molar-refractivity contribution < 1.29 is 0 Å². The largest absolute Gasteiger partial charge is 0.384 e. The molecule has 0 saturated heterocycles. The highest BCUT2D eigenvalue weighted by Gasteiger charge is 2.18. The topological polar surface area (TPSA) is 103 Å². The van der Waals surface area contributed by atoms with Gasteiger partial charge in [0.1, 0.15) is 5.84 Å². The molecule has 13 rings (SSSR count). The van der Waals surface area contributed by atoms with Crippen molar-refractivity contribution in [2.75, 3.05) is 6.54 Å². The van der Waals surface area contributed by atoms with E-state index in [0.29, 0.717) is 6.54 Å². The molecule has 0 unspecified atom stereocenters. The zero-order valence-corrected chi connectivity index (χ0v) is 44.6. The average molecular weight is 1000 g/mol. The number of para-hydroxylation sites is 3. The number of nitrogen functional groups attached to an aromatic ring is 1. The third-order valence-corrected chi connectivity index (χ3v) is 14.2. The minimum absolute atomic E-state index is 0.121. The second kappa shape index (κ2) is 23.1. The summed E-state index contributed by atoms with van der Waals surface area (Å²) in [6.07, 6.45) is 12.6. The number of fused-ring (bicyclic) bond motifs is 9. The molecule has 77 heavy (non-hydrogen) atoms. The van der Waals surface area contributed by atoms with Crippen LogP contribution in [0.5, 0.6) is 0 Å². The lowest BCUT2D eigenvalue weighted by atomic mass is 9.98. The second-order valence-electron chi connectivity index (χ2n) is 19.0. The molecule has 3 aromatic heterocycles. The summed E-state index contributed by atoms with van der Waals surface area (Å²) in [5.74, 6) is 0.121. The van der Waals surface area contributed by atoms with Gasteiger partial charge in [0, 0.05) is 73.4 Å². The number of nitrogens with two attached hydrogens (primary N) is 2. The van der Waals surface area contributed by atoms with Gasteiger partial charge in [0.25, 0.3) is 0 Å². The molecule has 7 heteroatoms. The van der Waals surface area contributed by atoms with Gasteiger partial charge in [-0.1, -0.05) is 159 Å². The van der Waals surface area contributed by atoms with Crippen molar-refractivity contribution in [3.8, 4) is 33.6 Å². The van der Waals surface area contributed by atoms with Crippen molar-refractivity contribution in [1.82, 2.24) is 13.7 Å². The maximum Gasteiger partial charge on any atom is 0.122 e. The number of nitrogens with zero attached hydrogens (tertiary/aromatic N) is 4. The quantitative estimate of drug-likeness (QED) is 0.0802. The number of allylic oxidation sites excluding steroid dienone is 5. The molecule has 0 radical (unpaired) electrons. The van der Waals surface area contributed by atoms with Crippen molar-refractivity contribution >= 4 is 83.2 Å². The molecule has 0 spiro atoms. The predicted molar refractivity (Wildman–Crippen MR) is 332 cm³/mol. The van der Waals surface area contributed by atoms with E-state index in [2.05, 4.69) is 240 Å². The Hall–Kier alpha value is -9.30. The maximum absolute atomic E-state index is 7.01. The van der Waals surface area contributed by atoms with Crippen molar-refractivity contribution in [2.24, 2.45) is 16.5 Å². The number of hydrogen-bond acceptors (Lipinski definition) is 3. The second-order valence-corrected chi connectivity index (χ2v) is 19.0. The van der Waals surface area contributed by atoms with Crippen LogP contribution in [0.25, 0.3) is 105 Å². The van der Waals surface area contributed by atoms with Gasteiger partial charge < -0.3 is 25.2 Å². The lowest BCUT2D eigenvalue weighted by Crippen LogP contribution is -2.10. The van der Waals surface area contributed by atoms with Crippen LogP contribution in [-0.2, 0) is 0 Å². The summed E-state index contributed by atoms with van der Waals surface area (Å²) in [6, 6.07) is 74.2. The Kier molecular flexibility index (Phi) is 15.3. The van der Waals surface area contributed by atoms with Crippen LogP contribution < -0.4 is 11.5 Å². The molecule has 0 atom stereocenters. The van der Waals surface area contributed by atoms with E-state index in [0.717, 1.165) is 29.8 Å². The summed E-state index contributed by atoms with van der Waals surface area (Å²) in [7, 11) is 0. The number of hydrogen-bond donors (Lipinski definition) is 3. The highest BCUT2D eigenvalue weighted by molar-refractivity contribution is 6.15. The molecule has 4 heterocycles. The monoisotopic (exact) mass is 1000 g/mol. The summed E-state index contributed by atoms with van der Waals surface area (Å²) in [5.41, 5.74) is 29.2. The fourth-order valence-corrected chi connectivity index (χ4v) is 10.5. The molecule has 7 nitrogen and oxygen atoms in total. The van der Waals surface area contributed by atoms with Crippen LogP contribution in [0.2, 0.25) is 0 Å². The van der Waals surface area contributed by atoms with E-state index in [9.17, 15) is 0 Å². The zero-order chi connectivity index (χ0) is 53.4. The van der Waals surface area contributed by atoms with Crippen molar-refractivity contribution in [2.45, 2.75) is 47.5 Å². The van der Waals surface area contributed by atoms with Gasteiger partial charge in [0.2, 0.25) is 0 Å². The first kappa shape index (κ1) is 51.2. The molecule has 12 aromatic rings. The average Bonchev–Trinajstić information content (AvgIpc) is 4.19. The SMILES string of the molecule is C/C=C\C=C(/C)n1c2ccccc2c2cc(-c3ccc4c(c3)c3cc(-c5ccc6c(c5)c5ccccc5n6-c5ccccc5)ccc3n4-c3ccc(C)cc3)ccc21.CC.N=C(N)c1ccccc1.NCC1=CCCC=N1. The maximum atomic E-state index is 7.01. The van der Waals surface area contributed by atoms with Gasteiger partial charge in [-0.3, -0.25) is 10.4 Å². The standard InChI is InChI=1S/C55H41N3.C7H8N2.C6H10N2.C2H6/c1-4-5-13-37(3)56-50-18-11-9-16-44(50)46-32-38(22-28-52(46)56)40-24-30-54-48(34-40)49-35-41(25-31-55(49)58(54)43-26-20-36(2)21-27-43)39-23-29-53-47(33-39)45-17-10-12-19-51(45)57(53)42-14-7-6-8-15-42;8-7(9)6-4-2-1-3-5-6;7-5-6-3-1-2-4-8-6;1-2/h4-35H,1-3H3;1-5H,(H3,8,9);3-4H,1-2,5,7H2;1-2H3/b5-4-,37-13+;;;. The molecule has 0 aliphatic carbocycles. The molecule has 0 saturated carbocycles. The normalized spacial score (nSPS) is 12.4. The Balaban J connectivity index is 0.000000300. The fraction of sp³-hybridized carbons (Fsp3) is 0.114. The molecule has 0 fully saturated rings. The first-order valence-electron chi connectivity index (χ1n) is 26.7. The number of aryl methyl sites for hydroxylation is 1. The zero-order valence-electron chi connectivity index (χ0n) is 44.6. The van der Waals surface area contributed by atoms with E-state index in [4.69, 9.17) is 16.9 Å². The lowest BCUT2D eigenvalue weighted by molar-refractivity contribution is 0.996. The van der Waals surface area contributed by atoms with Crippen LogP contribution in [0.3, 0.4) is 0 Å². The Labute approximate surface area is 451 Å². The van der Waals surface area contributed by atoms with Crippen LogP contribution in [0.1, 0.15) is 51.7 Å². The predicted octanol–water partition coefficient (Wildman–Crippen LogP) is 17.8. The summed E-state index contributed by atoms with van der Waals surface area (Å²) in [4.78, 5) is 4.06. The lowest BCUT2D eigenvalue weighted by Gasteiger charge is -2.10. The Morgan fingerprint density at radius 1 is 0.519 bits per heavy atom. The molecular weight excluding hydrogens is 939 g/mol. The molecule has 1 aliphatic heterocycles. The Morgan fingerprint density at radius 3 is 1.43 bits per heavy atom. The number of aromatic nitrogens is 3. The molecule has 0 bridgehead atoms. The number of nitrogens with one attached hydrogen (secondary N) is 1. The summed E-state index contributed by atoms with van der Waals surface area (Å²) < 4.78 is 7.18. The smallest absolute Gasteiger partial charge is 0.122 e. The van der Waals surface area contributed by atoms with E-state index >= 15 is 0 Å². The van der Waals surface area contributed by atoms with E-state index in [1.165, 1.54) is 105 Å². The minimum Gasteiger partial charge on any atom is -0.384 e. The molecule has 380 valence electrons. The third-order valence-electron chi connectivity index (χ3n) is 14.2. The van der Waals surface area contributed by atoms with Gasteiger partial charge in [-0.2, -0.15) is 0 Å². The number of benzene rings is 9. The van der Waals surface area contributed by atoms with Gasteiger partial charge in [-0.15, -0.1) is 0 Å². The van der Waals surface area contributed by atoms with Gasteiger partial charge in [0.05, 0.1) is 33.1 Å². The molecule has 0 amide bonds. The van der Waals surface area contributed by atoms with E-state index in [-0.39, 0.29) is 5.84 Å². The number of amidine groups is 1. The van der Waals surface area contributed by atoms with Crippen molar-refractivity contribution in [3.63, 3.8) is 0 Å². The van der Waals surface area contributed by atoms with Gasteiger partial charge in [0.15, 0.2) is 0 Å². The first-order chi connectivity index (χ1) is 37.8. The molecular formula is C70H65N7. The van der Waals surface area contributed by atoms with Gasteiger partial charge >= 0.3 is 0 Å². The summed E-state index contributed by atoms with van der Waals surface area (Å²) in [5, 5.41) is 14.5. The highest BCUT2D eigenvalue weighted by atomic mass is 15.0. The minimum atomic E-state index is 0.121. The van der Waals surface area contributed by atoms with Crippen LogP contribution in [-0.4, -0.2) is 32.3 Å². The molecule has 5 N–H and O–H groups in total. The van der Waals surface area contributed by atoms with Crippen LogP contribution >= 0.6 is 0 Å². The van der Waals surface area contributed by atoms with Crippen LogP contribution in [0.15, 0.2) is 241 Å². The Bertz CT molecular complexity index is 4200. The Morgan fingerprint density at radius 2 is 0.948 bits per heavy atom. The molecule has 1 aliphatic rings. The third kappa shape index (κ3) is 10.3. The number of aliphatic imine (C=N–C) groups is 1. The van der Waals surface area contributed by atoms with Crippen molar-refractivity contribution in [3.05, 3.63) is 247 Å². The first-order valence-corrected chi connectivity index (χ1v) is 26.7. The summed E-state index contributed by atoms with van der Waals surface area (Å²) >= 11 is 0. The van der Waals surface area contributed by atoms with E-state index in [1.807, 2.05) is 50.4 Å². The van der Waals surface area contributed by atoms with Gasteiger partial charge in [-0.25, -0.2) is 0 Å². The van der Waals surface area contributed by atoms with Crippen LogP contribution in [0, 0.1) is 12.3 Å². The number of rotatable bonds is 8.